The topological polar surface area (TPSA) is 16.4 Å². The van der Waals surface area contributed by atoms with Gasteiger partial charge >= 0.3 is 0 Å². The molecule has 1 aromatic heterocycles. The Morgan fingerprint density at radius 1 is 0.278 bits per heavy atom. The number of fused-ring (bicyclic) bond motifs is 5. The highest BCUT2D eigenvalue weighted by Crippen LogP contribution is 2.42. The Morgan fingerprint density at radius 3 is 1.26 bits per heavy atom. The highest BCUT2D eigenvalue weighted by atomic mass is 16.3. The van der Waals surface area contributed by atoms with Crippen molar-refractivity contribution in [3.63, 3.8) is 0 Å². The van der Waals surface area contributed by atoms with Gasteiger partial charge < -0.3 is 9.32 Å². The Morgan fingerprint density at radius 2 is 0.722 bits per heavy atom. The van der Waals surface area contributed by atoms with E-state index < -0.39 is 0 Å². The maximum absolute atomic E-state index is 6.29. The molecule has 0 amide bonds. The van der Waals surface area contributed by atoms with Crippen LogP contribution >= 0.6 is 0 Å². The fraction of sp³-hybridized carbons (Fsp3) is 0. The van der Waals surface area contributed by atoms with Crippen molar-refractivity contribution in [2.75, 3.05) is 4.90 Å². The van der Waals surface area contributed by atoms with Crippen LogP contribution in [0.25, 0.3) is 77.2 Å². The van der Waals surface area contributed by atoms with Crippen LogP contribution in [0.2, 0.25) is 0 Å². The number of hydrogen-bond donors (Lipinski definition) is 0. The van der Waals surface area contributed by atoms with Gasteiger partial charge in [-0.25, -0.2) is 0 Å². The van der Waals surface area contributed by atoms with E-state index in [0.29, 0.717) is 0 Å². The first-order valence-electron chi connectivity index (χ1n) is 18.4. The minimum atomic E-state index is 0.911. The number of furan rings is 1. The van der Waals surface area contributed by atoms with E-state index in [2.05, 4.69) is 205 Å². The van der Waals surface area contributed by atoms with Gasteiger partial charge in [-0.05, 0) is 98.4 Å². The van der Waals surface area contributed by atoms with Gasteiger partial charge in [-0.3, -0.25) is 0 Å². The molecule has 2 heteroatoms. The van der Waals surface area contributed by atoms with E-state index in [1.54, 1.807) is 0 Å². The van der Waals surface area contributed by atoms with Gasteiger partial charge in [0.15, 0.2) is 0 Å². The molecule has 0 bridgehead atoms. The van der Waals surface area contributed by atoms with Crippen LogP contribution in [0, 0.1) is 0 Å². The standard InChI is InChI=1S/C52H35NO/c1-3-10-36(11-4-1)38-18-20-39(21-19-38)41-24-31-45(32-25-41)53(44-29-22-40(23-30-44)37-12-5-2-6-13-37)46-33-26-42(27-34-46)47-16-9-14-43-28-35-50-52(51(43)47)48-15-7-8-17-49(48)54-50/h1-35H. The van der Waals surface area contributed by atoms with E-state index in [1.807, 2.05) is 12.1 Å². The summed E-state index contributed by atoms with van der Waals surface area (Å²) in [4.78, 5) is 2.34. The monoisotopic (exact) mass is 689 g/mol. The molecule has 2 nitrogen and oxygen atoms in total. The molecule has 254 valence electrons. The zero-order chi connectivity index (χ0) is 35.8. The summed E-state index contributed by atoms with van der Waals surface area (Å²) in [6.07, 6.45) is 0. The molecular weight excluding hydrogens is 655 g/mol. The van der Waals surface area contributed by atoms with Crippen molar-refractivity contribution >= 4 is 49.8 Å². The van der Waals surface area contributed by atoms with Gasteiger partial charge in [-0.15, -0.1) is 0 Å². The molecule has 10 rings (SSSR count). The molecule has 0 aliphatic rings. The third-order valence-electron chi connectivity index (χ3n) is 10.5. The van der Waals surface area contributed by atoms with Crippen molar-refractivity contribution in [2.45, 2.75) is 0 Å². The fourth-order valence-corrected chi connectivity index (χ4v) is 7.79. The van der Waals surface area contributed by atoms with Crippen molar-refractivity contribution in [1.29, 1.82) is 0 Å². The van der Waals surface area contributed by atoms with Gasteiger partial charge in [0.05, 0.1) is 0 Å². The lowest BCUT2D eigenvalue weighted by Crippen LogP contribution is -2.09. The predicted molar refractivity (Wildman–Crippen MR) is 228 cm³/mol. The predicted octanol–water partition coefficient (Wildman–Crippen LogP) is 14.9. The largest absolute Gasteiger partial charge is 0.456 e. The number of para-hydroxylation sites is 1. The van der Waals surface area contributed by atoms with Crippen LogP contribution in [0.1, 0.15) is 0 Å². The highest BCUT2D eigenvalue weighted by Gasteiger charge is 2.17. The Bertz CT molecular complexity index is 2870. The van der Waals surface area contributed by atoms with Crippen LogP contribution in [-0.2, 0) is 0 Å². The molecule has 0 aliphatic carbocycles. The first kappa shape index (κ1) is 31.6. The molecule has 9 aromatic carbocycles. The third kappa shape index (κ3) is 5.71. The van der Waals surface area contributed by atoms with Crippen molar-refractivity contribution in [1.82, 2.24) is 0 Å². The highest BCUT2D eigenvalue weighted by molar-refractivity contribution is 6.22. The molecule has 10 aromatic rings. The van der Waals surface area contributed by atoms with Crippen LogP contribution < -0.4 is 4.90 Å². The summed E-state index contributed by atoms with van der Waals surface area (Å²) >= 11 is 0. The van der Waals surface area contributed by atoms with Crippen molar-refractivity contribution in [2.24, 2.45) is 0 Å². The molecule has 0 aliphatic heterocycles. The van der Waals surface area contributed by atoms with Crippen LogP contribution in [0.3, 0.4) is 0 Å². The van der Waals surface area contributed by atoms with E-state index in [9.17, 15) is 0 Å². The van der Waals surface area contributed by atoms with Gasteiger partial charge in [0, 0.05) is 33.2 Å². The number of nitrogens with zero attached hydrogens (tertiary/aromatic N) is 1. The number of anilines is 3. The van der Waals surface area contributed by atoms with Crippen molar-refractivity contribution in [3.8, 4) is 44.5 Å². The lowest BCUT2D eigenvalue weighted by atomic mass is 9.94. The SMILES string of the molecule is c1ccc(-c2ccc(-c3ccc(N(c4ccc(-c5ccccc5)cc4)c4ccc(-c5cccc6ccc7oc8ccccc8c7c56)cc4)cc3)cc2)cc1. The first-order chi connectivity index (χ1) is 26.8. The quantitative estimate of drug-likeness (QED) is 0.166. The minimum absolute atomic E-state index is 0.911. The van der Waals surface area contributed by atoms with E-state index >= 15 is 0 Å². The second kappa shape index (κ2) is 13.4. The molecule has 0 radical (unpaired) electrons. The molecular formula is C52H35NO. The summed E-state index contributed by atoms with van der Waals surface area (Å²) in [5.74, 6) is 0. The fourth-order valence-electron chi connectivity index (χ4n) is 7.79. The summed E-state index contributed by atoms with van der Waals surface area (Å²) in [7, 11) is 0. The Labute approximate surface area is 314 Å². The minimum Gasteiger partial charge on any atom is -0.456 e. The van der Waals surface area contributed by atoms with Crippen LogP contribution in [0.15, 0.2) is 217 Å². The average Bonchev–Trinajstić information content (AvgIpc) is 3.64. The van der Waals surface area contributed by atoms with Gasteiger partial charge in [-0.1, -0.05) is 164 Å². The molecule has 0 fully saturated rings. The third-order valence-corrected chi connectivity index (χ3v) is 10.5. The molecule has 0 saturated heterocycles. The van der Waals surface area contributed by atoms with E-state index in [4.69, 9.17) is 4.42 Å². The number of benzene rings is 9. The summed E-state index contributed by atoms with van der Waals surface area (Å²) in [5.41, 5.74) is 14.7. The maximum Gasteiger partial charge on any atom is 0.136 e. The smallest absolute Gasteiger partial charge is 0.136 e. The molecule has 0 spiro atoms. The van der Waals surface area contributed by atoms with Gasteiger partial charge in [0.2, 0.25) is 0 Å². The molecule has 0 unspecified atom stereocenters. The average molecular weight is 690 g/mol. The van der Waals surface area contributed by atoms with Gasteiger partial charge in [0.1, 0.15) is 11.2 Å². The molecule has 0 atom stereocenters. The second-order valence-electron chi connectivity index (χ2n) is 13.7. The zero-order valence-electron chi connectivity index (χ0n) is 29.6. The number of rotatable bonds is 7. The summed E-state index contributed by atoms with van der Waals surface area (Å²) in [6, 6.07) is 75.8. The van der Waals surface area contributed by atoms with E-state index in [0.717, 1.165) is 44.6 Å². The first-order valence-corrected chi connectivity index (χ1v) is 18.4. The van der Waals surface area contributed by atoms with Crippen LogP contribution in [-0.4, -0.2) is 0 Å². The lowest BCUT2D eigenvalue weighted by Gasteiger charge is -2.26. The molecule has 0 saturated carbocycles. The Kier molecular flexibility index (Phi) is 7.85. The van der Waals surface area contributed by atoms with Crippen LogP contribution in [0.5, 0.6) is 0 Å². The zero-order valence-corrected chi connectivity index (χ0v) is 29.6. The van der Waals surface area contributed by atoms with Crippen molar-refractivity contribution in [3.05, 3.63) is 212 Å². The number of hydrogen-bond acceptors (Lipinski definition) is 2. The summed E-state index contributed by atoms with van der Waals surface area (Å²) < 4.78 is 6.29. The van der Waals surface area contributed by atoms with Crippen LogP contribution in [0.4, 0.5) is 17.1 Å². The van der Waals surface area contributed by atoms with Gasteiger partial charge in [-0.2, -0.15) is 0 Å². The summed E-state index contributed by atoms with van der Waals surface area (Å²) in [5, 5.41) is 4.72. The Hall–Kier alpha value is -7.16. The normalized spacial score (nSPS) is 11.3. The van der Waals surface area contributed by atoms with Crippen molar-refractivity contribution < 1.29 is 4.42 Å². The Balaban J connectivity index is 1.04. The van der Waals surface area contributed by atoms with E-state index in [-0.39, 0.29) is 0 Å². The molecule has 0 N–H and O–H groups in total. The van der Waals surface area contributed by atoms with E-state index in [1.165, 1.54) is 49.7 Å². The second-order valence-corrected chi connectivity index (χ2v) is 13.7. The summed E-state index contributed by atoms with van der Waals surface area (Å²) in [6.45, 7) is 0. The van der Waals surface area contributed by atoms with Gasteiger partial charge in [0.25, 0.3) is 0 Å². The molecule has 54 heavy (non-hydrogen) atoms. The molecule has 1 heterocycles. The maximum atomic E-state index is 6.29. The lowest BCUT2D eigenvalue weighted by molar-refractivity contribution is 0.669.